The highest BCUT2D eigenvalue weighted by atomic mass is 16.2. The first-order valence-electron chi connectivity index (χ1n) is 7.77. The summed E-state index contributed by atoms with van der Waals surface area (Å²) in [6, 6.07) is 1.88. The summed E-state index contributed by atoms with van der Waals surface area (Å²) in [6.45, 7) is 12.4. The number of amides is 1. The number of aryl methyl sites for hydroxylation is 1. The third-order valence-corrected chi connectivity index (χ3v) is 3.47. The van der Waals surface area contributed by atoms with Crippen LogP contribution in [0.5, 0.6) is 0 Å². The maximum atomic E-state index is 12.5. The van der Waals surface area contributed by atoms with Gasteiger partial charge in [0.25, 0.3) is 5.91 Å². The number of H-pyrrole nitrogens is 1. The van der Waals surface area contributed by atoms with E-state index >= 15 is 0 Å². The lowest BCUT2D eigenvalue weighted by Crippen LogP contribution is -2.34. The molecule has 0 fully saturated rings. The topological polar surface area (TPSA) is 49.0 Å². The normalized spacial score (nSPS) is 11.3. The van der Waals surface area contributed by atoms with Gasteiger partial charge in [0.05, 0.1) is 0 Å². The number of hydrogen-bond donors (Lipinski definition) is 1. The Balaban J connectivity index is 2.71. The Morgan fingerprint density at radius 3 is 2.15 bits per heavy atom. The fraction of sp³-hybridized carbons (Fsp3) is 0.750. The van der Waals surface area contributed by atoms with Gasteiger partial charge in [-0.25, -0.2) is 0 Å². The number of carbonyl (C=O) groups excluding carboxylic acids is 1. The molecule has 0 spiro atoms. The standard InChI is InChI=1S/C16H29N3O/c1-6-14-11-15(18-17-14)16(20)19(9-7-12(2)3)10-8-13(4)5/h11-13H,6-10H2,1-5H3,(H,17,18). The number of aromatic nitrogens is 2. The Hall–Kier alpha value is -1.32. The molecule has 4 heteroatoms. The Morgan fingerprint density at radius 1 is 1.20 bits per heavy atom. The molecular weight excluding hydrogens is 250 g/mol. The minimum atomic E-state index is 0.0576. The summed E-state index contributed by atoms with van der Waals surface area (Å²) in [4.78, 5) is 14.5. The van der Waals surface area contributed by atoms with Gasteiger partial charge in [0, 0.05) is 18.8 Å². The molecule has 0 unspecified atom stereocenters. The van der Waals surface area contributed by atoms with Crippen LogP contribution >= 0.6 is 0 Å². The van der Waals surface area contributed by atoms with Crippen molar-refractivity contribution in [1.29, 1.82) is 0 Å². The molecule has 1 aromatic heterocycles. The average Bonchev–Trinajstić information content (AvgIpc) is 2.86. The molecule has 1 aromatic rings. The van der Waals surface area contributed by atoms with E-state index in [4.69, 9.17) is 0 Å². The lowest BCUT2D eigenvalue weighted by Gasteiger charge is -2.23. The van der Waals surface area contributed by atoms with E-state index in [9.17, 15) is 4.79 Å². The van der Waals surface area contributed by atoms with Crippen molar-refractivity contribution in [3.63, 3.8) is 0 Å². The van der Waals surface area contributed by atoms with Crippen molar-refractivity contribution in [1.82, 2.24) is 15.1 Å². The van der Waals surface area contributed by atoms with Gasteiger partial charge < -0.3 is 4.90 Å². The molecule has 1 heterocycles. The van der Waals surface area contributed by atoms with Crippen molar-refractivity contribution in [2.24, 2.45) is 11.8 Å². The second-order valence-electron chi connectivity index (χ2n) is 6.29. The van der Waals surface area contributed by atoms with E-state index in [2.05, 4.69) is 44.8 Å². The smallest absolute Gasteiger partial charge is 0.274 e. The average molecular weight is 279 g/mol. The first-order valence-corrected chi connectivity index (χ1v) is 7.77. The van der Waals surface area contributed by atoms with Crippen LogP contribution in [0.15, 0.2) is 6.07 Å². The Kier molecular flexibility index (Phi) is 6.76. The van der Waals surface area contributed by atoms with E-state index in [1.54, 1.807) is 0 Å². The highest BCUT2D eigenvalue weighted by molar-refractivity contribution is 5.92. The Morgan fingerprint density at radius 2 is 1.75 bits per heavy atom. The molecule has 1 N–H and O–H groups in total. The number of carbonyl (C=O) groups is 1. The summed E-state index contributed by atoms with van der Waals surface area (Å²) < 4.78 is 0. The lowest BCUT2D eigenvalue weighted by atomic mass is 10.1. The van der Waals surface area contributed by atoms with Crippen LogP contribution in [0.1, 0.15) is 63.6 Å². The van der Waals surface area contributed by atoms with Crippen molar-refractivity contribution in [2.45, 2.75) is 53.9 Å². The summed E-state index contributed by atoms with van der Waals surface area (Å²) in [5.74, 6) is 1.27. The van der Waals surface area contributed by atoms with Gasteiger partial charge in [-0.3, -0.25) is 9.89 Å². The van der Waals surface area contributed by atoms with E-state index in [-0.39, 0.29) is 5.91 Å². The lowest BCUT2D eigenvalue weighted by molar-refractivity contribution is 0.0735. The van der Waals surface area contributed by atoms with E-state index in [0.29, 0.717) is 17.5 Å². The van der Waals surface area contributed by atoms with Crippen LogP contribution < -0.4 is 0 Å². The predicted octanol–water partition coefficient (Wildman–Crippen LogP) is 3.51. The summed E-state index contributed by atoms with van der Waals surface area (Å²) in [6.07, 6.45) is 2.95. The fourth-order valence-corrected chi connectivity index (χ4v) is 1.96. The maximum Gasteiger partial charge on any atom is 0.274 e. The van der Waals surface area contributed by atoms with E-state index in [0.717, 1.165) is 38.0 Å². The van der Waals surface area contributed by atoms with E-state index in [1.807, 2.05) is 11.0 Å². The highest BCUT2D eigenvalue weighted by Crippen LogP contribution is 2.11. The number of nitrogens with one attached hydrogen (secondary N) is 1. The molecule has 114 valence electrons. The molecule has 0 aliphatic rings. The van der Waals surface area contributed by atoms with E-state index < -0.39 is 0 Å². The second kappa shape index (κ2) is 8.08. The van der Waals surface area contributed by atoms with Crippen molar-refractivity contribution in [3.8, 4) is 0 Å². The van der Waals surface area contributed by atoms with Crippen LogP contribution in [0, 0.1) is 11.8 Å². The van der Waals surface area contributed by atoms with Crippen molar-refractivity contribution < 1.29 is 4.79 Å². The molecule has 0 aliphatic heterocycles. The molecule has 4 nitrogen and oxygen atoms in total. The largest absolute Gasteiger partial charge is 0.337 e. The van der Waals surface area contributed by atoms with Crippen molar-refractivity contribution in [2.75, 3.05) is 13.1 Å². The Labute approximate surface area is 122 Å². The minimum Gasteiger partial charge on any atom is -0.337 e. The first-order chi connectivity index (χ1) is 9.43. The molecule has 0 atom stereocenters. The van der Waals surface area contributed by atoms with Gasteiger partial charge in [0.15, 0.2) is 0 Å². The van der Waals surface area contributed by atoms with Gasteiger partial charge in [-0.15, -0.1) is 0 Å². The second-order valence-corrected chi connectivity index (χ2v) is 6.29. The van der Waals surface area contributed by atoms with Crippen molar-refractivity contribution in [3.05, 3.63) is 17.5 Å². The van der Waals surface area contributed by atoms with Crippen LogP contribution in [0.25, 0.3) is 0 Å². The van der Waals surface area contributed by atoms with Gasteiger partial charge in [-0.05, 0) is 37.2 Å². The zero-order valence-corrected chi connectivity index (χ0v) is 13.6. The summed E-state index contributed by atoms with van der Waals surface area (Å²) >= 11 is 0. The predicted molar refractivity (Wildman–Crippen MR) is 82.8 cm³/mol. The summed E-state index contributed by atoms with van der Waals surface area (Å²) in [7, 11) is 0. The molecule has 0 bridgehead atoms. The fourth-order valence-electron chi connectivity index (χ4n) is 1.96. The number of hydrogen-bond acceptors (Lipinski definition) is 2. The van der Waals surface area contributed by atoms with Crippen LogP contribution in [-0.2, 0) is 6.42 Å². The zero-order chi connectivity index (χ0) is 15.1. The molecule has 1 amide bonds. The quantitative estimate of drug-likeness (QED) is 0.791. The third-order valence-electron chi connectivity index (χ3n) is 3.47. The molecule has 0 saturated heterocycles. The van der Waals surface area contributed by atoms with Crippen molar-refractivity contribution >= 4 is 5.91 Å². The van der Waals surface area contributed by atoms with Crippen LogP contribution in [0.4, 0.5) is 0 Å². The van der Waals surface area contributed by atoms with Gasteiger partial charge >= 0.3 is 0 Å². The molecule has 0 aliphatic carbocycles. The van der Waals surface area contributed by atoms with E-state index in [1.165, 1.54) is 0 Å². The van der Waals surface area contributed by atoms with Gasteiger partial charge in [-0.1, -0.05) is 34.6 Å². The molecule has 0 aromatic carbocycles. The Bertz CT molecular complexity index is 398. The van der Waals surface area contributed by atoms with Crippen LogP contribution in [0.2, 0.25) is 0 Å². The molecular formula is C16H29N3O. The molecule has 1 rings (SSSR count). The SMILES string of the molecule is CCc1cc(C(=O)N(CCC(C)C)CCC(C)C)n[nH]1. The van der Waals surface area contributed by atoms with Gasteiger partial charge in [0.2, 0.25) is 0 Å². The number of aromatic amines is 1. The number of nitrogens with zero attached hydrogens (tertiary/aromatic N) is 2. The summed E-state index contributed by atoms with van der Waals surface area (Å²) in [5.41, 5.74) is 1.57. The zero-order valence-electron chi connectivity index (χ0n) is 13.6. The van der Waals surface area contributed by atoms with Crippen LogP contribution in [-0.4, -0.2) is 34.1 Å². The van der Waals surface area contributed by atoms with Crippen LogP contribution in [0.3, 0.4) is 0 Å². The molecule has 20 heavy (non-hydrogen) atoms. The van der Waals surface area contributed by atoms with Gasteiger partial charge in [-0.2, -0.15) is 5.10 Å². The minimum absolute atomic E-state index is 0.0576. The molecule has 0 radical (unpaired) electrons. The first kappa shape index (κ1) is 16.7. The maximum absolute atomic E-state index is 12.5. The highest BCUT2D eigenvalue weighted by Gasteiger charge is 2.18. The van der Waals surface area contributed by atoms with Gasteiger partial charge in [0.1, 0.15) is 5.69 Å². The number of rotatable bonds is 8. The monoisotopic (exact) mass is 279 g/mol. The third kappa shape index (κ3) is 5.35. The summed E-state index contributed by atoms with van der Waals surface area (Å²) in [5, 5.41) is 7.07. The molecule has 0 saturated carbocycles.